The van der Waals surface area contributed by atoms with Gasteiger partial charge in [0.1, 0.15) is 6.17 Å². The molecule has 1 atom stereocenters. The molecule has 2 aliphatic heterocycles. The molecule has 0 fully saturated rings. The second kappa shape index (κ2) is 7.79. The highest BCUT2D eigenvalue weighted by Crippen LogP contribution is 2.43. The van der Waals surface area contributed by atoms with Crippen LogP contribution in [0.25, 0.3) is 16.3 Å². The number of thiophene rings is 1. The van der Waals surface area contributed by atoms with Crippen molar-refractivity contribution in [1.82, 2.24) is 15.3 Å². The maximum Gasteiger partial charge on any atom is 0.143 e. The smallest absolute Gasteiger partial charge is 0.143 e. The average Bonchev–Trinajstić information content (AvgIpc) is 3.21. The van der Waals surface area contributed by atoms with E-state index in [1.54, 1.807) is 0 Å². The fraction of sp³-hybridized carbons (Fsp3) is 0.417. The van der Waals surface area contributed by atoms with E-state index in [1.165, 1.54) is 32.3 Å². The molecule has 29 heavy (non-hydrogen) atoms. The summed E-state index contributed by atoms with van der Waals surface area (Å²) in [6.07, 6.45) is 4.71. The molecular weight excluding hydrogens is 376 g/mol. The maximum atomic E-state index is 4.94. The summed E-state index contributed by atoms with van der Waals surface area (Å²) in [5.74, 6) is 0.573. The molecule has 1 unspecified atom stereocenters. The summed E-state index contributed by atoms with van der Waals surface area (Å²) in [6, 6.07) is 8.47. The molecule has 4 rings (SSSR count). The van der Waals surface area contributed by atoms with Gasteiger partial charge < -0.3 is 5.32 Å². The Morgan fingerprint density at radius 1 is 1.14 bits per heavy atom. The number of fused-ring (bicyclic) bond motifs is 1. The highest BCUT2D eigenvalue weighted by atomic mass is 32.1. The number of allylic oxidation sites excluding steroid dienone is 2. The number of hydrogen-bond acceptors (Lipinski definition) is 5. The van der Waals surface area contributed by atoms with Crippen LogP contribution in [0, 0.1) is 19.8 Å². The lowest BCUT2D eigenvalue weighted by molar-refractivity contribution is 0.309. The highest BCUT2D eigenvalue weighted by Gasteiger charge is 2.38. The van der Waals surface area contributed by atoms with Gasteiger partial charge in [-0.1, -0.05) is 19.9 Å². The number of aromatic nitrogens is 1. The van der Waals surface area contributed by atoms with Crippen LogP contribution < -0.4 is 5.32 Å². The molecule has 0 saturated heterocycles. The van der Waals surface area contributed by atoms with Crippen molar-refractivity contribution >= 4 is 22.7 Å². The normalized spacial score (nSPS) is 18.7. The third-order valence-corrected chi connectivity index (χ3v) is 7.14. The summed E-state index contributed by atoms with van der Waals surface area (Å²) in [6.45, 7) is 13.1. The molecule has 1 N–H and O–H groups in total. The lowest BCUT2D eigenvalue weighted by Gasteiger charge is -2.33. The first-order valence-corrected chi connectivity index (χ1v) is 11.3. The number of aryl methyl sites for hydroxylation is 2. The SMILES string of the molecule is CCC(CC)C1=CC(C)=NN2C(c3sc(-c4cccc(C)n4)cc3C)=C(C)NC12. The summed E-state index contributed by atoms with van der Waals surface area (Å²) in [5.41, 5.74) is 8.28. The number of pyridine rings is 1. The molecule has 5 heteroatoms. The first kappa shape index (κ1) is 19.9. The van der Waals surface area contributed by atoms with Crippen LogP contribution in [0.4, 0.5) is 0 Å². The summed E-state index contributed by atoms with van der Waals surface area (Å²) in [4.78, 5) is 7.21. The van der Waals surface area contributed by atoms with Gasteiger partial charge in [-0.25, -0.2) is 5.01 Å². The van der Waals surface area contributed by atoms with E-state index in [2.05, 4.69) is 69.2 Å². The zero-order valence-electron chi connectivity index (χ0n) is 18.2. The molecule has 2 aromatic rings. The van der Waals surface area contributed by atoms with Gasteiger partial charge in [-0.3, -0.25) is 4.98 Å². The Kier molecular flexibility index (Phi) is 5.34. The number of nitrogens with zero attached hydrogens (tertiary/aromatic N) is 3. The van der Waals surface area contributed by atoms with Crippen molar-refractivity contribution in [2.75, 3.05) is 0 Å². The maximum absolute atomic E-state index is 4.94. The minimum absolute atomic E-state index is 0.126. The topological polar surface area (TPSA) is 40.5 Å². The monoisotopic (exact) mass is 406 g/mol. The molecule has 0 saturated carbocycles. The van der Waals surface area contributed by atoms with Crippen molar-refractivity contribution < 1.29 is 0 Å². The van der Waals surface area contributed by atoms with E-state index in [4.69, 9.17) is 10.1 Å². The highest BCUT2D eigenvalue weighted by molar-refractivity contribution is 7.16. The second-order valence-corrected chi connectivity index (χ2v) is 9.10. The van der Waals surface area contributed by atoms with E-state index >= 15 is 0 Å². The average molecular weight is 407 g/mol. The second-order valence-electron chi connectivity index (χ2n) is 8.05. The van der Waals surface area contributed by atoms with E-state index in [0.717, 1.165) is 29.9 Å². The van der Waals surface area contributed by atoms with Crippen LogP contribution in [0.5, 0.6) is 0 Å². The summed E-state index contributed by atoms with van der Waals surface area (Å²) in [5, 5.41) is 10.9. The minimum atomic E-state index is 0.126. The van der Waals surface area contributed by atoms with Crippen LogP contribution in [0.1, 0.15) is 56.7 Å². The van der Waals surface area contributed by atoms with E-state index in [9.17, 15) is 0 Å². The first-order valence-electron chi connectivity index (χ1n) is 10.5. The van der Waals surface area contributed by atoms with Crippen LogP contribution in [0.15, 0.2) is 46.7 Å². The molecule has 0 radical (unpaired) electrons. The minimum Gasteiger partial charge on any atom is -0.362 e. The number of hydrazone groups is 1. The third-order valence-electron chi connectivity index (χ3n) is 5.87. The summed E-state index contributed by atoms with van der Waals surface area (Å²) < 4.78 is 0. The predicted molar refractivity (Wildman–Crippen MR) is 124 cm³/mol. The Balaban J connectivity index is 1.74. The lowest BCUT2D eigenvalue weighted by Crippen LogP contribution is -2.40. The van der Waals surface area contributed by atoms with Gasteiger partial charge in [0, 0.05) is 11.4 Å². The molecule has 152 valence electrons. The van der Waals surface area contributed by atoms with Gasteiger partial charge in [0.25, 0.3) is 0 Å². The summed E-state index contributed by atoms with van der Waals surface area (Å²) in [7, 11) is 0. The van der Waals surface area contributed by atoms with Gasteiger partial charge in [0.15, 0.2) is 0 Å². The van der Waals surface area contributed by atoms with E-state index < -0.39 is 0 Å². The molecule has 2 aromatic heterocycles. The van der Waals surface area contributed by atoms with Crippen LogP contribution in [0.3, 0.4) is 0 Å². The molecule has 0 amide bonds. The van der Waals surface area contributed by atoms with Gasteiger partial charge in [-0.15, -0.1) is 11.3 Å². The van der Waals surface area contributed by atoms with Crippen LogP contribution in [-0.2, 0) is 0 Å². The lowest BCUT2D eigenvalue weighted by atomic mass is 9.89. The van der Waals surface area contributed by atoms with Crippen molar-refractivity contribution in [2.45, 2.75) is 60.5 Å². The number of nitrogens with one attached hydrogen (secondary N) is 1. The Morgan fingerprint density at radius 3 is 2.59 bits per heavy atom. The summed E-state index contributed by atoms with van der Waals surface area (Å²) >= 11 is 1.81. The molecule has 0 aliphatic carbocycles. The predicted octanol–water partition coefficient (Wildman–Crippen LogP) is 6.10. The zero-order valence-corrected chi connectivity index (χ0v) is 19.0. The van der Waals surface area contributed by atoms with E-state index in [0.29, 0.717) is 5.92 Å². The molecule has 4 heterocycles. The Hall–Kier alpha value is -2.40. The Bertz CT molecular complexity index is 1020. The third kappa shape index (κ3) is 3.52. The van der Waals surface area contributed by atoms with Gasteiger partial charge >= 0.3 is 0 Å². The molecule has 2 aliphatic rings. The fourth-order valence-corrected chi connectivity index (χ4v) is 5.62. The van der Waals surface area contributed by atoms with Gasteiger partial charge in [0.05, 0.1) is 26.9 Å². The molecule has 0 spiro atoms. The molecule has 0 bridgehead atoms. The fourth-order valence-electron chi connectivity index (χ4n) is 4.39. The van der Waals surface area contributed by atoms with Crippen LogP contribution >= 0.6 is 11.3 Å². The van der Waals surface area contributed by atoms with Gasteiger partial charge in [-0.2, -0.15) is 5.10 Å². The number of hydrogen-bond donors (Lipinski definition) is 1. The molecule has 0 aromatic carbocycles. The van der Waals surface area contributed by atoms with Crippen molar-refractivity contribution in [3.63, 3.8) is 0 Å². The van der Waals surface area contributed by atoms with Crippen LogP contribution in [-0.4, -0.2) is 21.9 Å². The quantitative estimate of drug-likeness (QED) is 0.652. The standard InChI is InChI=1S/C24H30N4S/c1-7-18(8-2)19-13-16(5)27-28-22(17(6)26-24(19)28)23-14(3)12-21(29-23)20-11-9-10-15(4)25-20/h9-13,18,24,26H,7-8H2,1-6H3. The van der Waals surface area contributed by atoms with Crippen molar-refractivity contribution in [2.24, 2.45) is 11.0 Å². The largest absolute Gasteiger partial charge is 0.362 e. The van der Waals surface area contributed by atoms with Gasteiger partial charge in [0.2, 0.25) is 0 Å². The van der Waals surface area contributed by atoms with Crippen molar-refractivity contribution in [1.29, 1.82) is 0 Å². The van der Waals surface area contributed by atoms with Crippen molar-refractivity contribution in [3.05, 3.63) is 57.7 Å². The zero-order chi connectivity index (χ0) is 20.7. The van der Waals surface area contributed by atoms with Crippen LogP contribution in [0.2, 0.25) is 0 Å². The molecular formula is C24H30N4S. The Labute approximate surface area is 178 Å². The first-order chi connectivity index (χ1) is 13.9. The van der Waals surface area contributed by atoms with Gasteiger partial charge in [-0.05, 0) is 81.9 Å². The molecule has 4 nitrogen and oxygen atoms in total. The van der Waals surface area contributed by atoms with Crippen molar-refractivity contribution in [3.8, 4) is 10.6 Å². The van der Waals surface area contributed by atoms with E-state index in [-0.39, 0.29) is 6.17 Å². The van der Waals surface area contributed by atoms with E-state index in [1.807, 2.05) is 24.3 Å². The Morgan fingerprint density at radius 2 is 1.90 bits per heavy atom. The number of rotatable bonds is 5.